The zero-order valence-corrected chi connectivity index (χ0v) is 15.7. The number of carbonyl (C=O) groups excluding carboxylic acids is 1. The van der Waals surface area contributed by atoms with Gasteiger partial charge in [0.15, 0.2) is 0 Å². The number of nitrogens with zero attached hydrogens (tertiary/aromatic N) is 4. The van der Waals surface area contributed by atoms with Crippen LogP contribution in [0.1, 0.15) is 27.3 Å². The van der Waals surface area contributed by atoms with E-state index in [9.17, 15) is 4.79 Å². The van der Waals surface area contributed by atoms with Crippen molar-refractivity contribution in [2.75, 3.05) is 5.32 Å². The van der Waals surface area contributed by atoms with Crippen LogP contribution in [-0.2, 0) is 6.54 Å². The highest BCUT2D eigenvalue weighted by molar-refractivity contribution is 6.05. The number of carbonyl (C=O) groups is 1. The second-order valence-electron chi connectivity index (χ2n) is 6.69. The predicted molar refractivity (Wildman–Crippen MR) is 107 cm³/mol. The zero-order valence-electron chi connectivity index (χ0n) is 15.7. The Hall–Kier alpha value is -3.74. The quantitative estimate of drug-likeness (QED) is 0.560. The van der Waals surface area contributed by atoms with E-state index in [1.807, 2.05) is 74.6 Å². The van der Waals surface area contributed by atoms with Crippen molar-refractivity contribution < 1.29 is 4.79 Å². The average Bonchev–Trinajstić information content (AvgIpc) is 3.32. The third-order valence-electron chi connectivity index (χ3n) is 4.43. The molecule has 0 aliphatic heterocycles. The van der Waals surface area contributed by atoms with Gasteiger partial charge in [-0.25, -0.2) is 4.68 Å². The highest BCUT2D eigenvalue weighted by Gasteiger charge is 2.13. The molecule has 0 aliphatic carbocycles. The lowest BCUT2D eigenvalue weighted by Crippen LogP contribution is -2.13. The monoisotopic (exact) mass is 372 g/mol. The summed E-state index contributed by atoms with van der Waals surface area (Å²) in [5, 5.41) is 18.5. The minimum Gasteiger partial charge on any atom is -0.322 e. The number of rotatable bonds is 5. The summed E-state index contributed by atoms with van der Waals surface area (Å²) in [6.45, 7) is 4.41. The van der Waals surface area contributed by atoms with Crippen molar-refractivity contribution in [1.29, 1.82) is 0 Å². The van der Waals surface area contributed by atoms with Crippen LogP contribution < -0.4 is 5.32 Å². The fourth-order valence-electron chi connectivity index (χ4n) is 2.98. The van der Waals surface area contributed by atoms with Crippen LogP contribution in [0.4, 0.5) is 5.69 Å². The molecule has 4 rings (SSSR count). The average molecular weight is 372 g/mol. The van der Waals surface area contributed by atoms with Crippen LogP contribution in [-0.4, -0.2) is 31.1 Å². The molecule has 0 bridgehead atoms. The summed E-state index contributed by atoms with van der Waals surface area (Å²) in [6.07, 6.45) is 1.85. The van der Waals surface area contributed by atoms with Gasteiger partial charge in [0.1, 0.15) is 5.69 Å². The molecule has 0 saturated carbocycles. The number of aryl methyl sites for hydroxylation is 2. The number of para-hydroxylation sites is 1. The number of nitrogens with one attached hydrogen (secondary N) is 2. The fourth-order valence-corrected chi connectivity index (χ4v) is 2.98. The normalized spacial score (nSPS) is 10.8. The lowest BCUT2D eigenvalue weighted by Gasteiger charge is -2.09. The summed E-state index contributed by atoms with van der Waals surface area (Å²) in [5.74, 6) is -0.148. The van der Waals surface area contributed by atoms with Gasteiger partial charge in [0.2, 0.25) is 0 Å². The smallest absolute Gasteiger partial charge is 0.255 e. The van der Waals surface area contributed by atoms with Gasteiger partial charge >= 0.3 is 0 Å². The summed E-state index contributed by atoms with van der Waals surface area (Å²) in [6, 6.07) is 17.1. The summed E-state index contributed by atoms with van der Waals surface area (Å²) in [7, 11) is 0. The summed E-state index contributed by atoms with van der Waals surface area (Å²) < 4.78 is 1.73. The van der Waals surface area contributed by atoms with E-state index in [1.165, 1.54) is 0 Å². The van der Waals surface area contributed by atoms with E-state index in [0.717, 1.165) is 28.2 Å². The van der Waals surface area contributed by atoms with Gasteiger partial charge in [0.25, 0.3) is 5.91 Å². The van der Waals surface area contributed by atoms with Crippen LogP contribution in [0.2, 0.25) is 0 Å². The molecule has 1 amide bonds. The van der Waals surface area contributed by atoms with Gasteiger partial charge in [-0.3, -0.25) is 9.89 Å². The molecule has 28 heavy (non-hydrogen) atoms. The van der Waals surface area contributed by atoms with Gasteiger partial charge in [0, 0.05) is 22.5 Å². The van der Waals surface area contributed by atoms with Crippen molar-refractivity contribution in [3.8, 4) is 11.3 Å². The van der Waals surface area contributed by atoms with E-state index in [4.69, 9.17) is 0 Å². The first kappa shape index (κ1) is 17.7. The van der Waals surface area contributed by atoms with Crippen LogP contribution in [0.25, 0.3) is 11.3 Å². The first-order valence-corrected chi connectivity index (χ1v) is 8.97. The number of hydrogen-bond donors (Lipinski definition) is 2. The summed E-state index contributed by atoms with van der Waals surface area (Å²) in [5.41, 5.74) is 5.71. The number of anilines is 1. The molecular formula is C21H20N6O. The molecular weight excluding hydrogens is 352 g/mol. The number of aromatic nitrogens is 5. The van der Waals surface area contributed by atoms with Gasteiger partial charge < -0.3 is 5.32 Å². The molecule has 2 heterocycles. The third kappa shape index (κ3) is 3.83. The van der Waals surface area contributed by atoms with Crippen LogP contribution in [0.5, 0.6) is 0 Å². The molecule has 0 unspecified atom stereocenters. The number of H-pyrrole nitrogens is 1. The molecule has 2 aromatic carbocycles. The Morgan fingerprint density at radius 3 is 2.68 bits per heavy atom. The highest BCUT2D eigenvalue weighted by atomic mass is 16.1. The number of amides is 1. The third-order valence-corrected chi connectivity index (χ3v) is 4.43. The highest BCUT2D eigenvalue weighted by Crippen LogP contribution is 2.21. The molecule has 0 atom stereocenters. The van der Waals surface area contributed by atoms with Crippen molar-refractivity contribution in [3.63, 3.8) is 0 Å². The lowest BCUT2D eigenvalue weighted by atomic mass is 10.0. The molecule has 0 radical (unpaired) electrons. The zero-order chi connectivity index (χ0) is 19.5. The van der Waals surface area contributed by atoms with Crippen molar-refractivity contribution in [2.45, 2.75) is 20.4 Å². The largest absolute Gasteiger partial charge is 0.322 e. The van der Waals surface area contributed by atoms with Crippen molar-refractivity contribution in [3.05, 3.63) is 83.3 Å². The molecule has 7 heteroatoms. The maximum atomic E-state index is 12.7. The molecule has 0 spiro atoms. The predicted octanol–water partition coefficient (Wildman–Crippen LogP) is 3.59. The molecule has 2 aromatic heterocycles. The van der Waals surface area contributed by atoms with Crippen molar-refractivity contribution >= 4 is 11.6 Å². The topological polar surface area (TPSA) is 88.5 Å². The minimum atomic E-state index is -0.148. The molecule has 4 aromatic rings. The molecule has 2 N–H and O–H groups in total. The van der Waals surface area contributed by atoms with E-state index in [-0.39, 0.29) is 5.91 Å². The Kier molecular flexibility index (Phi) is 4.72. The first-order chi connectivity index (χ1) is 13.6. The molecule has 0 fully saturated rings. The molecule has 0 aliphatic rings. The number of hydrogen-bond acceptors (Lipinski definition) is 4. The van der Waals surface area contributed by atoms with Crippen LogP contribution in [0, 0.1) is 13.8 Å². The van der Waals surface area contributed by atoms with Gasteiger partial charge in [0.05, 0.1) is 18.4 Å². The van der Waals surface area contributed by atoms with Crippen LogP contribution in [0.15, 0.2) is 60.8 Å². The Labute approximate surface area is 162 Å². The SMILES string of the molecule is Cc1cc(Cn2cc(-c3ccc(C)c(C(=O)Nc4ccccc4)c3)nn2)n[nH]1. The maximum absolute atomic E-state index is 12.7. The van der Waals surface area contributed by atoms with E-state index < -0.39 is 0 Å². The first-order valence-electron chi connectivity index (χ1n) is 8.97. The van der Waals surface area contributed by atoms with Gasteiger partial charge in [-0.1, -0.05) is 35.5 Å². The Morgan fingerprint density at radius 2 is 1.93 bits per heavy atom. The summed E-state index contributed by atoms with van der Waals surface area (Å²) in [4.78, 5) is 12.7. The molecule has 0 saturated heterocycles. The van der Waals surface area contributed by atoms with E-state index >= 15 is 0 Å². The van der Waals surface area contributed by atoms with Crippen molar-refractivity contribution in [2.24, 2.45) is 0 Å². The maximum Gasteiger partial charge on any atom is 0.255 e. The van der Waals surface area contributed by atoms with E-state index in [1.54, 1.807) is 4.68 Å². The Balaban J connectivity index is 1.56. The molecule has 7 nitrogen and oxygen atoms in total. The standard InChI is InChI=1S/C21H20N6O/c1-14-8-9-16(11-19(14)21(28)22-17-6-4-3-5-7-17)20-13-27(26-25-20)12-18-10-15(2)23-24-18/h3-11,13H,12H2,1-2H3,(H,22,28)(H,23,24). The van der Waals surface area contributed by atoms with Crippen molar-refractivity contribution in [1.82, 2.24) is 25.2 Å². The Bertz CT molecular complexity index is 1110. The van der Waals surface area contributed by atoms with Gasteiger partial charge in [-0.2, -0.15) is 5.10 Å². The van der Waals surface area contributed by atoms with Crippen LogP contribution in [0.3, 0.4) is 0 Å². The number of aromatic amines is 1. The second kappa shape index (κ2) is 7.48. The van der Waals surface area contributed by atoms with Gasteiger partial charge in [-0.05, 0) is 43.7 Å². The second-order valence-corrected chi connectivity index (χ2v) is 6.69. The Morgan fingerprint density at radius 1 is 1.11 bits per heavy atom. The summed E-state index contributed by atoms with van der Waals surface area (Å²) >= 11 is 0. The lowest BCUT2D eigenvalue weighted by molar-refractivity contribution is 0.102. The van der Waals surface area contributed by atoms with Crippen LogP contribution >= 0.6 is 0 Å². The van der Waals surface area contributed by atoms with E-state index in [2.05, 4.69) is 25.8 Å². The number of benzene rings is 2. The van der Waals surface area contributed by atoms with Gasteiger partial charge in [-0.15, -0.1) is 5.10 Å². The minimum absolute atomic E-state index is 0.148. The fraction of sp³-hybridized carbons (Fsp3) is 0.143. The molecule has 140 valence electrons. The van der Waals surface area contributed by atoms with E-state index in [0.29, 0.717) is 17.8 Å².